The number of nitrogens with zero attached hydrogens (tertiary/aromatic N) is 1. The largest absolute Gasteiger partial charge is 0.452 e. The van der Waals surface area contributed by atoms with Gasteiger partial charge in [-0.05, 0) is 59.3 Å². The zero-order valence-electron chi connectivity index (χ0n) is 12.6. The zero-order chi connectivity index (χ0) is 15.1. The van der Waals surface area contributed by atoms with Crippen LogP contribution in [0.15, 0.2) is 21.2 Å². The Bertz CT molecular complexity index is 418. The van der Waals surface area contributed by atoms with E-state index in [-0.39, 0.29) is 5.91 Å². The number of furan rings is 1. The summed E-state index contributed by atoms with van der Waals surface area (Å²) in [6, 6.07) is 3.71. The number of hydrogen-bond donors (Lipinski definition) is 1. The van der Waals surface area contributed by atoms with E-state index in [4.69, 9.17) is 10.2 Å². The number of rotatable bonds is 8. The minimum absolute atomic E-state index is 0.153. The summed E-state index contributed by atoms with van der Waals surface area (Å²) in [6.45, 7) is 5.57. The molecule has 0 aliphatic carbocycles. The third-order valence-corrected chi connectivity index (χ3v) is 4.08. The first-order valence-electron chi connectivity index (χ1n) is 7.12. The van der Waals surface area contributed by atoms with E-state index in [1.54, 1.807) is 4.90 Å². The quantitative estimate of drug-likeness (QED) is 0.786. The van der Waals surface area contributed by atoms with Gasteiger partial charge in [0, 0.05) is 13.5 Å². The summed E-state index contributed by atoms with van der Waals surface area (Å²) in [4.78, 5) is 13.8. The average molecular weight is 345 g/mol. The third kappa shape index (κ3) is 5.67. The smallest absolute Gasteiger partial charge is 0.222 e. The van der Waals surface area contributed by atoms with Crippen LogP contribution in [0.25, 0.3) is 0 Å². The van der Waals surface area contributed by atoms with Gasteiger partial charge in [-0.1, -0.05) is 13.8 Å². The minimum Gasteiger partial charge on any atom is -0.452 e. The van der Waals surface area contributed by atoms with Gasteiger partial charge in [-0.15, -0.1) is 0 Å². The molecule has 114 valence electrons. The van der Waals surface area contributed by atoms with Crippen LogP contribution in [0.5, 0.6) is 0 Å². The van der Waals surface area contributed by atoms with Crippen LogP contribution in [0.4, 0.5) is 0 Å². The Balaban J connectivity index is 2.41. The first-order chi connectivity index (χ1) is 9.43. The fourth-order valence-electron chi connectivity index (χ4n) is 2.28. The predicted molar refractivity (Wildman–Crippen MR) is 84.1 cm³/mol. The van der Waals surface area contributed by atoms with Gasteiger partial charge in [-0.2, -0.15) is 0 Å². The lowest BCUT2D eigenvalue weighted by molar-refractivity contribution is -0.131. The van der Waals surface area contributed by atoms with Crippen LogP contribution in [-0.2, 0) is 11.3 Å². The van der Waals surface area contributed by atoms with Crippen LogP contribution in [0.3, 0.4) is 0 Å². The van der Waals surface area contributed by atoms with Gasteiger partial charge in [0.15, 0.2) is 4.67 Å². The van der Waals surface area contributed by atoms with E-state index in [2.05, 4.69) is 29.8 Å². The molecule has 1 rings (SSSR count). The summed E-state index contributed by atoms with van der Waals surface area (Å²) >= 11 is 3.26. The van der Waals surface area contributed by atoms with Crippen molar-refractivity contribution in [1.82, 2.24) is 4.90 Å². The van der Waals surface area contributed by atoms with E-state index in [9.17, 15) is 4.79 Å². The third-order valence-electron chi connectivity index (χ3n) is 3.66. The molecule has 0 aliphatic rings. The maximum atomic E-state index is 12.1. The topological polar surface area (TPSA) is 59.5 Å². The maximum absolute atomic E-state index is 12.1. The van der Waals surface area contributed by atoms with E-state index in [1.807, 2.05) is 19.2 Å². The monoisotopic (exact) mass is 344 g/mol. The van der Waals surface area contributed by atoms with Gasteiger partial charge in [0.2, 0.25) is 5.91 Å². The van der Waals surface area contributed by atoms with E-state index >= 15 is 0 Å². The lowest BCUT2D eigenvalue weighted by atomic mass is 9.88. The highest BCUT2D eigenvalue weighted by atomic mass is 79.9. The molecule has 0 aromatic carbocycles. The van der Waals surface area contributed by atoms with Crippen molar-refractivity contribution in [1.29, 1.82) is 0 Å². The van der Waals surface area contributed by atoms with Crippen molar-refractivity contribution in [3.8, 4) is 0 Å². The highest BCUT2D eigenvalue weighted by Gasteiger charge is 2.17. The van der Waals surface area contributed by atoms with Crippen molar-refractivity contribution in [2.24, 2.45) is 17.6 Å². The van der Waals surface area contributed by atoms with Crippen LogP contribution in [0, 0.1) is 11.8 Å². The maximum Gasteiger partial charge on any atom is 0.222 e. The molecule has 1 aromatic rings. The fraction of sp³-hybridized carbons (Fsp3) is 0.667. The number of carbonyl (C=O) groups excluding carboxylic acids is 1. The van der Waals surface area contributed by atoms with Gasteiger partial charge >= 0.3 is 0 Å². The molecule has 5 heteroatoms. The standard InChI is InChI=1S/C15H25BrN2O2/c1-11(2)12(8-9-17)4-7-15(19)18(3)10-13-5-6-14(16)20-13/h5-6,11-12H,4,7-10,17H2,1-3H3. The number of hydrogen-bond acceptors (Lipinski definition) is 3. The molecule has 0 bridgehead atoms. The molecule has 0 radical (unpaired) electrons. The summed E-state index contributed by atoms with van der Waals surface area (Å²) in [5.74, 6) is 2.03. The van der Waals surface area contributed by atoms with Crippen molar-refractivity contribution >= 4 is 21.8 Å². The molecule has 0 fully saturated rings. The molecule has 1 amide bonds. The summed E-state index contributed by atoms with van der Waals surface area (Å²) in [5, 5.41) is 0. The van der Waals surface area contributed by atoms with E-state index in [0.717, 1.165) is 18.6 Å². The molecule has 4 nitrogen and oxygen atoms in total. The van der Waals surface area contributed by atoms with Crippen LogP contribution >= 0.6 is 15.9 Å². The number of carbonyl (C=O) groups is 1. The summed E-state index contributed by atoms with van der Waals surface area (Å²) in [7, 11) is 1.81. The molecular weight excluding hydrogens is 320 g/mol. The molecule has 2 N–H and O–H groups in total. The van der Waals surface area contributed by atoms with Gasteiger partial charge in [-0.3, -0.25) is 4.79 Å². The van der Waals surface area contributed by atoms with Gasteiger partial charge in [0.1, 0.15) is 5.76 Å². The van der Waals surface area contributed by atoms with Crippen molar-refractivity contribution in [3.05, 3.63) is 22.6 Å². The van der Waals surface area contributed by atoms with Gasteiger partial charge < -0.3 is 15.1 Å². The fourth-order valence-corrected chi connectivity index (χ4v) is 2.62. The second-order valence-electron chi connectivity index (χ2n) is 5.58. The Labute approximate surface area is 129 Å². The summed E-state index contributed by atoms with van der Waals surface area (Å²) < 4.78 is 6.10. The molecule has 1 unspecified atom stereocenters. The normalized spacial score (nSPS) is 12.7. The van der Waals surface area contributed by atoms with Crippen molar-refractivity contribution < 1.29 is 9.21 Å². The second-order valence-corrected chi connectivity index (χ2v) is 6.36. The average Bonchev–Trinajstić information content (AvgIpc) is 2.79. The molecule has 1 aromatic heterocycles. The lowest BCUT2D eigenvalue weighted by Gasteiger charge is -2.21. The van der Waals surface area contributed by atoms with Crippen molar-refractivity contribution in [2.75, 3.05) is 13.6 Å². The summed E-state index contributed by atoms with van der Waals surface area (Å²) in [6.07, 6.45) is 2.46. The zero-order valence-corrected chi connectivity index (χ0v) is 14.1. The van der Waals surface area contributed by atoms with Gasteiger partial charge in [0.05, 0.1) is 6.54 Å². The Kier molecular flexibility index (Phi) is 7.30. The molecular formula is C15H25BrN2O2. The van der Waals surface area contributed by atoms with E-state index in [0.29, 0.717) is 36.0 Å². The minimum atomic E-state index is 0.153. The summed E-state index contributed by atoms with van der Waals surface area (Å²) in [5.41, 5.74) is 5.63. The number of halogens is 1. The first kappa shape index (κ1) is 17.2. The highest BCUT2D eigenvalue weighted by molar-refractivity contribution is 9.10. The highest BCUT2D eigenvalue weighted by Crippen LogP contribution is 2.21. The second kappa shape index (κ2) is 8.47. The molecule has 20 heavy (non-hydrogen) atoms. The van der Waals surface area contributed by atoms with Crippen LogP contribution in [0.2, 0.25) is 0 Å². The Morgan fingerprint density at radius 3 is 2.60 bits per heavy atom. The van der Waals surface area contributed by atoms with E-state index < -0.39 is 0 Å². The van der Waals surface area contributed by atoms with Crippen LogP contribution in [0.1, 0.15) is 38.9 Å². The Morgan fingerprint density at radius 2 is 2.10 bits per heavy atom. The van der Waals surface area contributed by atoms with Crippen molar-refractivity contribution in [2.45, 2.75) is 39.7 Å². The molecule has 1 heterocycles. The van der Waals surface area contributed by atoms with Crippen LogP contribution < -0.4 is 5.73 Å². The van der Waals surface area contributed by atoms with E-state index in [1.165, 1.54) is 0 Å². The van der Waals surface area contributed by atoms with Crippen LogP contribution in [-0.4, -0.2) is 24.4 Å². The molecule has 0 saturated carbocycles. The first-order valence-corrected chi connectivity index (χ1v) is 7.91. The van der Waals surface area contributed by atoms with Gasteiger partial charge in [0.25, 0.3) is 0 Å². The predicted octanol–water partition coefficient (Wildman–Crippen LogP) is 3.40. The Hall–Kier alpha value is -0.810. The number of nitrogens with two attached hydrogens (primary N) is 1. The Morgan fingerprint density at radius 1 is 1.40 bits per heavy atom. The SMILES string of the molecule is CC(C)C(CCN)CCC(=O)N(C)Cc1ccc(Br)o1. The molecule has 1 atom stereocenters. The van der Waals surface area contributed by atoms with Crippen molar-refractivity contribution in [3.63, 3.8) is 0 Å². The number of amides is 1. The molecule has 0 aliphatic heterocycles. The molecule has 0 spiro atoms. The lowest BCUT2D eigenvalue weighted by Crippen LogP contribution is -2.27. The molecule has 0 saturated heterocycles. The van der Waals surface area contributed by atoms with Gasteiger partial charge in [-0.25, -0.2) is 0 Å².